The number of nitrogens with one attached hydrogen (secondary N) is 2. The molecule has 12 heteroatoms. The van der Waals surface area contributed by atoms with E-state index in [9.17, 15) is 18.0 Å². The molecule has 0 radical (unpaired) electrons. The number of hydrogen-bond donors (Lipinski definition) is 2. The molecular formula is C34H50N6O5S. The Morgan fingerprint density at radius 1 is 1.07 bits per heavy atom. The predicted octanol–water partition coefficient (Wildman–Crippen LogP) is 3.06. The van der Waals surface area contributed by atoms with Crippen LogP contribution >= 0.6 is 0 Å². The number of fused-ring (bicyclic) bond motifs is 1. The molecule has 0 saturated carbocycles. The molecule has 2 aromatic rings. The average Bonchev–Trinajstić information content (AvgIpc) is 3.07. The van der Waals surface area contributed by atoms with Gasteiger partial charge in [0, 0.05) is 50.9 Å². The zero-order valence-electron chi connectivity index (χ0n) is 27.2. The third-order valence-electron chi connectivity index (χ3n) is 9.87. The number of carbonyl (C=O) groups is 2. The topological polar surface area (TPSA) is 134 Å². The van der Waals surface area contributed by atoms with Gasteiger partial charge in [-0.3, -0.25) is 19.6 Å². The third kappa shape index (κ3) is 9.48. The van der Waals surface area contributed by atoms with Crippen LogP contribution in [0.5, 0.6) is 5.75 Å². The van der Waals surface area contributed by atoms with Gasteiger partial charge in [0.05, 0.1) is 29.6 Å². The Morgan fingerprint density at radius 3 is 2.67 bits per heavy atom. The van der Waals surface area contributed by atoms with Crippen LogP contribution in [0.15, 0.2) is 36.7 Å². The van der Waals surface area contributed by atoms with Crippen molar-refractivity contribution in [1.82, 2.24) is 29.8 Å². The van der Waals surface area contributed by atoms with Crippen molar-refractivity contribution in [1.29, 1.82) is 0 Å². The van der Waals surface area contributed by atoms with Crippen molar-refractivity contribution in [3.8, 4) is 5.75 Å². The van der Waals surface area contributed by atoms with Gasteiger partial charge in [0.1, 0.15) is 12.4 Å². The molecule has 2 N–H and O–H groups in total. The quantitative estimate of drug-likeness (QED) is 0.444. The molecule has 252 valence electrons. The number of benzene rings is 1. The Morgan fingerprint density at radius 2 is 1.89 bits per heavy atom. The van der Waals surface area contributed by atoms with E-state index in [1.54, 1.807) is 12.4 Å². The lowest BCUT2D eigenvalue weighted by atomic mass is 9.73. The van der Waals surface area contributed by atoms with Crippen molar-refractivity contribution < 1.29 is 22.7 Å². The van der Waals surface area contributed by atoms with E-state index >= 15 is 0 Å². The van der Waals surface area contributed by atoms with Crippen LogP contribution in [0.4, 0.5) is 0 Å². The number of sulfonamides is 1. The lowest BCUT2D eigenvalue weighted by molar-refractivity contribution is -0.134. The van der Waals surface area contributed by atoms with Gasteiger partial charge in [0.2, 0.25) is 21.8 Å². The molecule has 3 aliphatic rings. The number of rotatable bonds is 8. The van der Waals surface area contributed by atoms with Gasteiger partial charge in [0.15, 0.2) is 0 Å². The maximum absolute atomic E-state index is 13.4. The normalized spacial score (nSPS) is 21.9. The number of hydrogen-bond acceptors (Lipinski definition) is 8. The molecule has 2 fully saturated rings. The van der Waals surface area contributed by atoms with Crippen LogP contribution < -0.4 is 15.4 Å². The summed E-state index contributed by atoms with van der Waals surface area (Å²) in [5, 5.41) is 6.20. The first-order valence-corrected chi connectivity index (χ1v) is 18.8. The fourth-order valence-electron chi connectivity index (χ4n) is 6.99. The monoisotopic (exact) mass is 654 g/mol. The highest BCUT2D eigenvalue weighted by atomic mass is 32.2. The Balaban J connectivity index is 1.01. The molecule has 2 saturated heterocycles. The molecule has 1 spiro atoms. The highest BCUT2D eigenvalue weighted by Gasteiger charge is 2.40. The number of carbonyl (C=O) groups excluding carboxylic acids is 2. The Bertz CT molecular complexity index is 1410. The number of aryl methyl sites for hydroxylation is 2. The van der Waals surface area contributed by atoms with Crippen LogP contribution in [0.1, 0.15) is 80.7 Å². The number of nitrogens with zero attached hydrogens (tertiary/aromatic N) is 4. The summed E-state index contributed by atoms with van der Waals surface area (Å²) in [6.45, 7) is 4.98. The number of piperidine rings is 2. The standard InChI is InChI=1S/C34H50N6O5S/c1-46(43,44)40-19-7-10-28(26-40)30-25-37-29(24-38-30)12-13-32(41)35-17-22-39-20-15-34(16-21-39)14-6-2-3-8-27-9-4-5-11-31(27)45-23-18-36-33(34)42/h4-5,9,11,24-25,28H,2-3,6-8,10,12-23,26H2,1H3,(H,35,41)(H,36,42). The van der Waals surface area contributed by atoms with E-state index < -0.39 is 10.0 Å². The summed E-state index contributed by atoms with van der Waals surface area (Å²) in [7, 11) is -3.21. The van der Waals surface area contributed by atoms with Crippen molar-refractivity contribution in [2.45, 2.75) is 76.5 Å². The van der Waals surface area contributed by atoms with Crippen molar-refractivity contribution in [3.05, 3.63) is 53.6 Å². The maximum atomic E-state index is 13.4. The number of amides is 2. The molecule has 4 heterocycles. The second-order valence-corrected chi connectivity index (χ2v) is 15.1. The number of aromatic nitrogens is 2. The van der Waals surface area contributed by atoms with Gasteiger partial charge in [0.25, 0.3) is 0 Å². The summed E-state index contributed by atoms with van der Waals surface area (Å²) in [4.78, 5) is 37.4. The summed E-state index contributed by atoms with van der Waals surface area (Å²) in [6.07, 6.45) is 14.0. The van der Waals surface area contributed by atoms with Crippen molar-refractivity contribution >= 4 is 21.8 Å². The summed E-state index contributed by atoms with van der Waals surface area (Å²) >= 11 is 0. The predicted molar refractivity (Wildman–Crippen MR) is 177 cm³/mol. The van der Waals surface area contributed by atoms with Gasteiger partial charge in [-0.1, -0.05) is 31.0 Å². The number of likely N-dealkylation sites (tertiary alicyclic amines) is 1. The van der Waals surface area contributed by atoms with E-state index in [0.717, 1.165) is 94.6 Å². The van der Waals surface area contributed by atoms with Crippen molar-refractivity contribution in [3.63, 3.8) is 0 Å². The van der Waals surface area contributed by atoms with E-state index in [4.69, 9.17) is 4.74 Å². The van der Waals surface area contributed by atoms with Crippen LogP contribution in [-0.2, 0) is 32.5 Å². The molecule has 46 heavy (non-hydrogen) atoms. The van der Waals surface area contributed by atoms with Gasteiger partial charge < -0.3 is 20.3 Å². The molecule has 5 rings (SSSR count). The lowest BCUT2D eigenvalue weighted by Crippen LogP contribution is -2.50. The molecular weight excluding hydrogens is 604 g/mol. The van der Waals surface area contributed by atoms with Crippen molar-refractivity contribution in [2.24, 2.45) is 5.41 Å². The van der Waals surface area contributed by atoms with E-state index in [1.807, 2.05) is 12.1 Å². The second kappa shape index (κ2) is 16.1. The Labute approximate surface area is 273 Å². The highest BCUT2D eigenvalue weighted by Crippen LogP contribution is 2.37. The Hall–Kier alpha value is -3.09. The molecule has 2 amide bonds. The minimum atomic E-state index is -3.21. The smallest absolute Gasteiger partial charge is 0.226 e. The van der Waals surface area contributed by atoms with E-state index in [2.05, 4.69) is 37.6 Å². The second-order valence-electron chi connectivity index (χ2n) is 13.1. The molecule has 11 nitrogen and oxygen atoms in total. The molecule has 1 atom stereocenters. The van der Waals surface area contributed by atoms with E-state index in [1.165, 1.54) is 16.1 Å². The summed E-state index contributed by atoms with van der Waals surface area (Å²) in [5.74, 6) is 1.10. The van der Waals surface area contributed by atoms with E-state index in [0.29, 0.717) is 45.6 Å². The van der Waals surface area contributed by atoms with Crippen LogP contribution in [0.25, 0.3) is 0 Å². The van der Waals surface area contributed by atoms with Gasteiger partial charge in [-0.05, 0) is 76.1 Å². The average molecular weight is 655 g/mol. The molecule has 1 unspecified atom stereocenters. The van der Waals surface area contributed by atoms with Crippen LogP contribution in [0, 0.1) is 5.41 Å². The van der Waals surface area contributed by atoms with E-state index in [-0.39, 0.29) is 23.1 Å². The summed E-state index contributed by atoms with van der Waals surface area (Å²) in [6, 6.07) is 8.21. The first kappa shape index (κ1) is 34.3. The zero-order valence-corrected chi connectivity index (χ0v) is 28.0. The van der Waals surface area contributed by atoms with Crippen LogP contribution in [-0.4, -0.2) is 98.1 Å². The van der Waals surface area contributed by atoms with Crippen LogP contribution in [0.3, 0.4) is 0 Å². The third-order valence-corrected chi connectivity index (χ3v) is 11.1. The zero-order chi connectivity index (χ0) is 32.4. The Kier molecular flexibility index (Phi) is 12.0. The van der Waals surface area contributed by atoms with Gasteiger partial charge in [-0.15, -0.1) is 0 Å². The number of para-hydroxylation sites is 1. The first-order valence-electron chi connectivity index (χ1n) is 17.0. The molecule has 1 aromatic carbocycles. The van der Waals surface area contributed by atoms with Gasteiger partial charge >= 0.3 is 0 Å². The summed E-state index contributed by atoms with van der Waals surface area (Å²) in [5.41, 5.74) is 2.46. The molecule has 0 bridgehead atoms. The minimum absolute atomic E-state index is 0.0191. The highest BCUT2D eigenvalue weighted by molar-refractivity contribution is 7.88. The fraction of sp³-hybridized carbons (Fsp3) is 0.647. The molecule has 3 aliphatic heterocycles. The minimum Gasteiger partial charge on any atom is -0.491 e. The molecule has 0 aliphatic carbocycles. The fourth-order valence-corrected chi connectivity index (χ4v) is 7.90. The summed E-state index contributed by atoms with van der Waals surface area (Å²) < 4.78 is 31.4. The van der Waals surface area contributed by atoms with Crippen molar-refractivity contribution in [2.75, 3.05) is 58.7 Å². The number of ether oxygens (including phenoxy) is 1. The van der Waals surface area contributed by atoms with Crippen LogP contribution in [0.2, 0.25) is 0 Å². The lowest BCUT2D eigenvalue weighted by Gasteiger charge is -2.41. The maximum Gasteiger partial charge on any atom is 0.226 e. The largest absolute Gasteiger partial charge is 0.491 e. The van der Waals surface area contributed by atoms with Gasteiger partial charge in [-0.2, -0.15) is 0 Å². The molecule has 1 aromatic heterocycles. The SMILES string of the molecule is CS(=O)(=O)N1CCCC(c2cnc(CCC(=O)NCCN3CCC4(CCCCCc5ccccc5OCCNC4=O)CC3)cn2)C1. The first-order chi connectivity index (χ1) is 22.2. The van der Waals surface area contributed by atoms with Gasteiger partial charge in [-0.25, -0.2) is 12.7 Å².